The van der Waals surface area contributed by atoms with Crippen molar-refractivity contribution in [3.05, 3.63) is 54.0 Å². The first-order valence-corrected chi connectivity index (χ1v) is 9.01. The van der Waals surface area contributed by atoms with Gasteiger partial charge < -0.3 is 14.8 Å². The van der Waals surface area contributed by atoms with Crippen molar-refractivity contribution in [2.24, 2.45) is 5.92 Å². The van der Waals surface area contributed by atoms with Gasteiger partial charge in [-0.2, -0.15) is 0 Å². The molecule has 25 heavy (non-hydrogen) atoms. The number of benzene rings is 1. The summed E-state index contributed by atoms with van der Waals surface area (Å²) in [6.45, 7) is 3.20. The van der Waals surface area contributed by atoms with Gasteiger partial charge in [0, 0.05) is 13.1 Å². The van der Waals surface area contributed by atoms with E-state index in [0.717, 1.165) is 56.6 Å². The van der Waals surface area contributed by atoms with Gasteiger partial charge in [0.05, 0.1) is 18.7 Å². The Kier molecular flexibility index (Phi) is 6.12. The molecule has 0 saturated carbocycles. The number of piperidine rings is 1. The average molecular weight is 342 g/mol. The van der Waals surface area contributed by atoms with Crippen LogP contribution >= 0.6 is 0 Å². The molecule has 2 aromatic rings. The van der Waals surface area contributed by atoms with E-state index >= 15 is 0 Å². The van der Waals surface area contributed by atoms with Gasteiger partial charge in [0.25, 0.3) is 0 Å². The summed E-state index contributed by atoms with van der Waals surface area (Å²) < 4.78 is 5.40. The maximum absolute atomic E-state index is 12.4. The van der Waals surface area contributed by atoms with E-state index < -0.39 is 0 Å². The zero-order chi connectivity index (χ0) is 17.5. The standard InChI is InChI=1S/C20H26N2O3/c23-19-10-2-1-6-16(19)7-3-11-21-20(24)17-8-4-12-22(14-17)15-18-9-5-13-25-18/h1-2,5-6,9-10,13,17,23H,3-4,7-8,11-12,14-15H2,(H,21,24). The molecule has 1 aliphatic rings. The first-order valence-electron chi connectivity index (χ1n) is 9.01. The molecule has 2 heterocycles. The third-order valence-electron chi connectivity index (χ3n) is 4.75. The van der Waals surface area contributed by atoms with Crippen LogP contribution in [0, 0.1) is 5.92 Å². The van der Waals surface area contributed by atoms with E-state index in [0.29, 0.717) is 12.3 Å². The lowest BCUT2D eigenvalue weighted by molar-refractivity contribution is -0.126. The first-order chi connectivity index (χ1) is 12.2. The van der Waals surface area contributed by atoms with Crippen molar-refractivity contribution in [1.82, 2.24) is 10.2 Å². The smallest absolute Gasteiger partial charge is 0.224 e. The molecule has 1 amide bonds. The molecule has 0 spiro atoms. The number of aromatic hydroxyl groups is 1. The van der Waals surface area contributed by atoms with Crippen molar-refractivity contribution in [2.45, 2.75) is 32.2 Å². The molecule has 5 nitrogen and oxygen atoms in total. The van der Waals surface area contributed by atoms with E-state index in [9.17, 15) is 9.90 Å². The third-order valence-corrected chi connectivity index (χ3v) is 4.75. The Labute approximate surface area is 148 Å². The van der Waals surface area contributed by atoms with Crippen LogP contribution in [0.2, 0.25) is 0 Å². The summed E-state index contributed by atoms with van der Waals surface area (Å²) in [4.78, 5) is 14.7. The molecule has 1 aromatic heterocycles. The van der Waals surface area contributed by atoms with Crippen LogP contribution in [0.25, 0.3) is 0 Å². The maximum Gasteiger partial charge on any atom is 0.224 e. The number of nitrogens with one attached hydrogen (secondary N) is 1. The second-order valence-corrected chi connectivity index (χ2v) is 6.68. The van der Waals surface area contributed by atoms with Gasteiger partial charge in [-0.05, 0) is 56.0 Å². The fraction of sp³-hybridized carbons (Fsp3) is 0.450. The predicted molar refractivity (Wildman–Crippen MR) is 96.1 cm³/mol. The minimum Gasteiger partial charge on any atom is -0.508 e. The molecule has 5 heteroatoms. The number of rotatable bonds is 7. The number of amides is 1. The van der Waals surface area contributed by atoms with Gasteiger partial charge in [0.2, 0.25) is 5.91 Å². The van der Waals surface area contributed by atoms with Crippen LogP contribution in [0.4, 0.5) is 0 Å². The van der Waals surface area contributed by atoms with Crippen LogP contribution in [0.3, 0.4) is 0 Å². The topological polar surface area (TPSA) is 65.7 Å². The summed E-state index contributed by atoms with van der Waals surface area (Å²) >= 11 is 0. The van der Waals surface area contributed by atoms with Gasteiger partial charge in [-0.1, -0.05) is 18.2 Å². The highest BCUT2D eigenvalue weighted by molar-refractivity contribution is 5.78. The Morgan fingerprint density at radius 3 is 2.96 bits per heavy atom. The first kappa shape index (κ1) is 17.5. The highest BCUT2D eigenvalue weighted by Gasteiger charge is 2.25. The largest absolute Gasteiger partial charge is 0.508 e. The summed E-state index contributed by atoms with van der Waals surface area (Å²) in [6.07, 6.45) is 5.26. The molecule has 1 aliphatic heterocycles. The second kappa shape index (κ2) is 8.72. The number of phenolic OH excluding ortho intramolecular Hbond substituents is 1. The number of likely N-dealkylation sites (tertiary alicyclic amines) is 1. The SMILES string of the molecule is O=C(NCCCc1ccccc1O)C1CCCN(Cc2ccco2)C1. The van der Waals surface area contributed by atoms with Crippen LogP contribution in [0.15, 0.2) is 47.1 Å². The molecule has 1 atom stereocenters. The molecule has 134 valence electrons. The molecule has 2 N–H and O–H groups in total. The van der Waals surface area contributed by atoms with Gasteiger partial charge in [0.1, 0.15) is 11.5 Å². The lowest BCUT2D eigenvalue weighted by Gasteiger charge is -2.31. The summed E-state index contributed by atoms with van der Waals surface area (Å²) in [5.41, 5.74) is 0.930. The molecule has 1 aromatic carbocycles. The Morgan fingerprint density at radius 2 is 2.16 bits per heavy atom. The van der Waals surface area contributed by atoms with Crippen molar-refractivity contribution < 1.29 is 14.3 Å². The number of phenols is 1. The molecule has 0 bridgehead atoms. The number of hydrogen-bond donors (Lipinski definition) is 2. The second-order valence-electron chi connectivity index (χ2n) is 6.68. The van der Waals surface area contributed by atoms with Crippen LogP contribution < -0.4 is 5.32 Å². The van der Waals surface area contributed by atoms with E-state index in [2.05, 4.69) is 10.2 Å². The Hall–Kier alpha value is -2.27. The van der Waals surface area contributed by atoms with E-state index in [1.165, 1.54) is 0 Å². The van der Waals surface area contributed by atoms with Gasteiger partial charge in [-0.15, -0.1) is 0 Å². The molecule has 0 aliphatic carbocycles. The lowest BCUT2D eigenvalue weighted by Crippen LogP contribution is -2.42. The molecule has 1 saturated heterocycles. The minimum atomic E-state index is 0.0499. The lowest BCUT2D eigenvalue weighted by atomic mass is 9.97. The van der Waals surface area contributed by atoms with Crippen molar-refractivity contribution >= 4 is 5.91 Å². The highest BCUT2D eigenvalue weighted by atomic mass is 16.3. The quantitative estimate of drug-likeness (QED) is 0.759. The summed E-state index contributed by atoms with van der Waals surface area (Å²) in [7, 11) is 0. The summed E-state index contributed by atoms with van der Waals surface area (Å²) in [6, 6.07) is 11.2. The molecule has 1 fully saturated rings. The number of aryl methyl sites for hydroxylation is 1. The van der Waals surface area contributed by atoms with Gasteiger partial charge >= 0.3 is 0 Å². The van der Waals surface area contributed by atoms with Crippen molar-refractivity contribution in [1.29, 1.82) is 0 Å². The fourth-order valence-corrected chi connectivity index (χ4v) is 3.39. The van der Waals surface area contributed by atoms with Crippen molar-refractivity contribution in [2.75, 3.05) is 19.6 Å². The average Bonchev–Trinajstić information content (AvgIpc) is 3.13. The molecule has 3 rings (SSSR count). The Morgan fingerprint density at radius 1 is 1.28 bits per heavy atom. The Balaban J connectivity index is 1.39. The zero-order valence-corrected chi connectivity index (χ0v) is 14.5. The van der Waals surface area contributed by atoms with E-state index in [1.54, 1.807) is 12.3 Å². The summed E-state index contributed by atoms with van der Waals surface area (Å²) in [5.74, 6) is 1.47. The van der Waals surface area contributed by atoms with E-state index in [-0.39, 0.29) is 11.8 Å². The number of carbonyl (C=O) groups is 1. The van der Waals surface area contributed by atoms with Crippen LogP contribution in [0.5, 0.6) is 5.75 Å². The molecular weight excluding hydrogens is 316 g/mol. The molecular formula is C20H26N2O3. The summed E-state index contributed by atoms with van der Waals surface area (Å²) in [5, 5.41) is 12.8. The third kappa shape index (κ3) is 5.10. The number of furan rings is 1. The van der Waals surface area contributed by atoms with Crippen molar-refractivity contribution in [3.63, 3.8) is 0 Å². The van der Waals surface area contributed by atoms with Gasteiger partial charge in [0.15, 0.2) is 0 Å². The van der Waals surface area contributed by atoms with E-state index in [1.807, 2.05) is 30.3 Å². The number of carbonyl (C=O) groups excluding carboxylic acids is 1. The van der Waals surface area contributed by atoms with Gasteiger partial charge in [-0.25, -0.2) is 0 Å². The fourth-order valence-electron chi connectivity index (χ4n) is 3.39. The minimum absolute atomic E-state index is 0.0499. The predicted octanol–water partition coefficient (Wildman–Crippen LogP) is 2.95. The van der Waals surface area contributed by atoms with Crippen molar-refractivity contribution in [3.8, 4) is 5.75 Å². The number of para-hydroxylation sites is 1. The maximum atomic E-state index is 12.4. The van der Waals surface area contributed by atoms with Crippen LogP contribution in [0.1, 0.15) is 30.6 Å². The number of hydrogen-bond acceptors (Lipinski definition) is 4. The zero-order valence-electron chi connectivity index (χ0n) is 14.5. The Bertz CT molecular complexity index is 669. The van der Waals surface area contributed by atoms with E-state index in [4.69, 9.17) is 4.42 Å². The number of nitrogens with zero attached hydrogens (tertiary/aromatic N) is 1. The highest BCUT2D eigenvalue weighted by Crippen LogP contribution is 2.19. The monoisotopic (exact) mass is 342 g/mol. The molecule has 0 radical (unpaired) electrons. The van der Waals surface area contributed by atoms with Crippen LogP contribution in [-0.4, -0.2) is 35.5 Å². The molecule has 1 unspecified atom stereocenters. The normalized spacial score (nSPS) is 18.2. The van der Waals surface area contributed by atoms with Gasteiger partial charge in [-0.3, -0.25) is 9.69 Å². The van der Waals surface area contributed by atoms with Crippen LogP contribution in [-0.2, 0) is 17.8 Å².